The fraction of sp³-hybridized carbons (Fsp3) is 0.389. The van der Waals surface area contributed by atoms with Crippen LogP contribution >= 0.6 is 0 Å². The van der Waals surface area contributed by atoms with E-state index in [2.05, 4.69) is 43.0 Å². The molecular formula is C18H23NO3. The first-order valence-corrected chi connectivity index (χ1v) is 7.49. The van der Waals surface area contributed by atoms with Crippen molar-refractivity contribution in [2.24, 2.45) is 0 Å². The number of hydrogen-bond donors (Lipinski definition) is 0. The smallest absolute Gasteiger partial charge is 0.341 e. The highest BCUT2D eigenvalue weighted by molar-refractivity contribution is 5.90. The summed E-state index contributed by atoms with van der Waals surface area (Å²) in [5, 5.41) is 0. The minimum absolute atomic E-state index is 0.353. The Hall–Kier alpha value is -2.07. The molecule has 1 aromatic carbocycles. The summed E-state index contributed by atoms with van der Waals surface area (Å²) in [6.45, 7) is 8.42. The minimum Gasteiger partial charge on any atom is -0.465 e. The predicted octanol–water partition coefficient (Wildman–Crippen LogP) is 3.71. The summed E-state index contributed by atoms with van der Waals surface area (Å²) >= 11 is 0. The number of carbonyl (C=O) groups is 1. The van der Waals surface area contributed by atoms with Crippen LogP contribution in [-0.4, -0.2) is 24.5 Å². The Morgan fingerprint density at radius 2 is 2.00 bits per heavy atom. The summed E-state index contributed by atoms with van der Waals surface area (Å²) in [7, 11) is 1.38. The highest BCUT2D eigenvalue weighted by Gasteiger charge is 2.16. The number of ether oxygens (including phenoxy) is 1. The van der Waals surface area contributed by atoms with Gasteiger partial charge >= 0.3 is 5.97 Å². The van der Waals surface area contributed by atoms with Crippen LogP contribution in [0.5, 0.6) is 0 Å². The molecule has 0 radical (unpaired) electrons. The fourth-order valence-corrected chi connectivity index (χ4v) is 2.50. The average molecular weight is 301 g/mol. The van der Waals surface area contributed by atoms with Crippen molar-refractivity contribution >= 4 is 5.97 Å². The molecule has 0 amide bonds. The Labute approximate surface area is 131 Å². The van der Waals surface area contributed by atoms with Gasteiger partial charge in [0.2, 0.25) is 0 Å². The van der Waals surface area contributed by atoms with Crippen molar-refractivity contribution in [1.82, 2.24) is 4.90 Å². The van der Waals surface area contributed by atoms with Gasteiger partial charge in [0.05, 0.1) is 13.7 Å². The number of aryl methyl sites for hydroxylation is 2. The number of esters is 1. The number of nitrogens with zero attached hydrogens (tertiary/aromatic N) is 1. The van der Waals surface area contributed by atoms with Crippen LogP contribution < -0.4 is 0 Å². The van der Waals surface area contributed by atoms with Gasteiger partial charge in [-0.1, -0.05) is 36.8 Å². The molecule has 0 bridgehead atoms. The molecule has 1 aromatic heterocycles. The molecule has 118 valence electrons. The second-order valence-electron chi connectivity index (χ2n) is 5.47. The highest BCUT2D eigenvalue weighted by Crippen LogP contribution is 2.18. The summed E-state index contributed by atoms with van der Waals surface area (Å²) < 4.78 is 10.4. The normalized spacial score (nSPS) is 11.0. The Morgan fingerprint density at radius 1 is 1.23 bits per heavy atom. The number of benzene rings is 1. The topological polar surface area (TPSA) is 42.7 Å². The molecule has 4 nitrogen and oxygen atoms in total. The van der Waals surface area contributed by atoms with Crippen molar-refractivity contribution in [3.8, 4) is 0 Å². The van der Waals surface area contributed by atoms with E-state index in [4.69, 9.17) is 9.15 Å². The average Bonchev–Trinajstić information content (AvgIpc) is 2.86. The standard InChI is InChI=1S/C18H23NO3/c1-5-19(11-15-8-6-7-13(2)9-15)12-16-10-17(14(3)22-16)18(20)21-4/h6-10H,5,11-12H2,1-4H3. The number of rotatable bonds is 6. The van der Waals surface area contributed by atoms with E-state index in [1.54, 1.807) is 13.0 Å². The molecule has 0 saturated heterocycles. The van der Waals surface area contributed by atoms with Crippen LogP contribution in [0.4, 0.5) is 0 Å². The first kappa shape index (κ1) is 16.3. The van der Waals surface area contributed by atoms with E-state index >= 15 is 0 Å². The molecule has 2 aromatic rings. The molecule has 1 heterocycles. The van der Waals surface area contributed by atoms with Crippen LogP contribution in [0.1, 0.15) is 39.9 Å². The van der Waals surface area contributed by atoms with Gasteiger partial charge in [0.1, 0.15) is 17.1 Å². The number of carbonyl (C=O) groups excluding carboxylic acids is 1. The second kappa shape index (κ2) is 7.27. The maximum absolute atomic E-state index is 11.6. The summed E-state index contributed by atoms with van der Waals surface area (Å²) in [4.78, 5) is 13.9. The zero-order valence-corrected chi connectivity index (χ0v) is 13.7. The quantitative estimate of drug-likeness (QED) is 0.763. The Bertz CT molecular complexity index is 646. The molecule has 0 aliphatic carbocycles. The zero-order chi connectivity index (χ0) is 16.1. The van der Waals surface area contributed by atoms with Crippen molar-refractivity contribution in [2.75, 3.05) is 13.7 Å². The van der Waals surface area contributed by atoms with Gasteiger partial charge in [0.25, 0.3) is 0 Å². The summed E-state index contributed by atoms with van der Waals surface area (Å²) in [5.41, 5.74) is 3.04. The molecule has 4 heteroatoms. The van der Waals surface area contributed by atoms with Crippen LogP contribution in [0.15, 0.2) is 34.7 Å². The monoisotopic (exact) mass is 301 g/mol. The largest absolute Gasteiger partial charge is 0.465 e. The van der Waals surface area contributed by atoms with E-state index < -0.39 is 0 Å². The molecule has 0 fully saturated rings. The van der Waals surface area contributed by atoms with E-state index in [-0.39, 0.29) is 5.97 Å². The second-order valence-corrected chi connectivity index (χ2v) is 5.47. The molecular weight excluding hydrogens is 278 g/mol. The lowest BCUT2D eigenvalue weighted by Crippen LogP contribution is -2.22. The van der Waals surface area contributed by atoms with Gasteiger partial charge in [-0.2, -0.15) is 0 Å². The molecule has 0 N–H and O–H groups in total. The number of hydrogen-bond acceptors (Lipinski definition) is 4. The van der Waals surface area contributed by atoms with E-state index in [9.17, 15) is 4.79 Å². The highest BCUT2D eigenvalue weighted by atomic mass is 16.5. The van der Waals surface area contributed by atoms with E-state index in [0.717, 1.165) is 18.8 Å². The molecule has 0 spiro atoms. The molecule has 0 saturated carbocycles. The molecule has 0 atom stereocenters. The Balaban J connectivity index is 2.08. The maximum atomic E-state index is 11.6. The van der Waals surface area contributed by atoms with Crippen LogP contribution in [0.25, 0.3) is 0 Å². The van der Waals surface area contributed by atoms with Gasteiger partial charge in [-0.25, -0.2) is 4.79 Å². The molecule has 2 rings (SSSR count). The Morgan fingerprint density at radius 3 is 2.64 bits per heavy atom. The maximum Gasteiger partial charge on any atom is 0.341 e. The predicted molar refractivity (Wildman–Crippen MR) is 85.8 cm³/mol. The van der Waals surface area contributed by atoms with Gasteiger partial charge in [-0.3, -0.25) is 4.90 Å². The van der Waals surface area contributed by atoms with E-state index in [0.29, 0.717) is 17.9 Å². The number of furan rings is 1. The van der Waals surface area contributed by atoms with Crippen molar-refractivity contribution < 1.29 is 13.9 Å². The molecule has 22 heavy (non-hydrogen) atoms. The lowest BCUT2D eigenvalue weighted by atomic mass is 10.1. The SMILES string of the molecule is CCN(Cc1cccc(C)c1)Cc1cc(C(=O)OC)c(C)o1. The summed E-state index contributed by atoms with van der Waals surface area (Å²) in [6.07, 6.45) is 0. The van der Waals surface area contributed by atoms with Crippen LogP contribution in [0.3, 0.4) is 0 Å². The summed E-state index contributed by atoms with van der Waals surface area (Å²) in [6, 6.07) is 10.3. The zero-order valence-electron chi connectivity index (χ0n) is 13.7. The molecule has 0 aliphatic heterocycles. The van der Waals surface area contributed by atoms with Gasteiger partial charge in [-0.15, -0.1) is 0 Å². The van der Waals surface area contributed by atoms with Crippen LogP contribution in [-0.2, 0) is 17.8 Å². The first-order chi connectivity index (χ1) is 10.5. The van der Waals surface area contributed by atoms with E-state index in [1.165, 1.54) is 18.2 Å². The molecule has 0 unspecified atom stereocenters. The minimum atomic E-state index is -0.353. The molecule has 0 aliphatic rings. The van der Waals surface area contributed by atoms with E-state index in [1.807, 2.05) is 0 Å². The van der Waals surface area contributed by atoms with Crippen molar-refractivity contribution in [3.05, 3.63) is 58.5 Å². The van der Waals surface area contributed by atoms with Gasteiger partial charge in [0.15, 0.2) is 0 Å². The summed E-state index contributed by atoms with van der Waals surface area (Å²) in [5.74, 6) is 1.04. The van der Waals surface area contributed by atoms with Gasteiger partial charge < -0.3 is 9.15 Å². The lowest BCUT2D eigenvalue weighted by molar-refractivity contribution is 0.0599. The lowest BCUT2D eigenvalue weighted by Gasteiger charge is -2.19. The number of methoxy groups -OCH3 is 1. The van der Waals surface area contributed by atoms with Crippen molar-refractivity contribution in [2.45, 2.75) is 33.9 Å². The van der Waals surface area contributed by atoms with Gasteiger partial charge in [-0.05, 0) is 32.0 Å². The van der Waals surface area contributed by atoms with Crippen LogP contribution in [0.2, 0.25) is 0 Å². The third-order valence-corrected chi connectivity index (χ3v) is 3.69. The third-order valence-electron chi connectivity index (χ3n) is 3.69. The third kappa shape index (κ3) is 3.98. The van der Waals surface area contributed by atoms with Crippen molar-refractivity contribution in [3.63, 3.8) is 0 Å². The Kier molecular flexibility index (Phi) is 5.39. The van der Waals surface area contributed by atoms with Gasteiger partial charge in [0, 0.05) is 6.54 Å². The first-order valence-electron chi connectivity index (χ1n) is 7.49. The van der Waals surface area contributed by atoms with Crippen LogP contribution in [0, 0.1) is 13.8 Å². The fourth-order valence-electron chi connectivity index (χ4n) is 2.50. The van der Waals surface area contributed by atoms with Crippen molar-refractivity contribution in [1.29, 1.82) is 0 Å².